The van der Waals surface area contributed by atoms with Crippen molar-refractivity contribution in [3.63, 3.8) is 0 Å². The summed E-state index contributed by atoms with van der Waals surface area (Å²) in [4.78, 5) is 0.0464. The highest BCUT2D eigenvalue weighted by molar-refractivity contribution is 7.89. The fourth-order valence-corrected chi connectivity index (χ4v) is 3.00. The number of rotatable bonds is 5. The minimum Gasteiger partial charge on any atom is -0.310 e. The van der Waals surface area contributed by atoms with Crippen molar-refractivity contribution in [3.8, 4) is 0 Å². The normalized spacial score (nSPS) is 16.1. The van der Waals surface area contributed by atoms with Gasteiger partial charge in [-0.15, -0.1) is 0 Å². The molecule has 0 atom stereocenters. The molecule has 1 aliphatic rings. The van der Waals surface area contributed by atoms with Gasteiger partial charge in [0.15, 0.2) is 0 Å². The van der Waals surface area contributed by atoms with Crippen molar-refractivity contribution in [2.24, 2.45) is 0 Å². The molecule has 1 aromatic carbocycles. The van der Waals surface area contributed by atoms with Crippen LogP contribution in [0.25, 0.3) is 0 Å². The molecule has 1 fully saturated rings. The highest BCUT2D eigenvalue weighted by atomic mass is 32.2. The maximum atomic E-state index is 13.9. The standard InChI is InChI=1S/C13H19FN2O2S/c1-9-12(14)6-10(8-15-11-4-5-11)7-13(9)19(17,18)16(2)3/h6-7,11,15H,4-5,8H2,1-3H3. The topological polar surface area (TPSA) is 49.4 Å². The van der Waals surface area contributed by atoms with E-state index in [1.807, 2.05) is 0 Å². The van der Waals surface area contributed by atoms with Crippen molar-refractivity contribution in [1.29, 1.82) is 0 Å². The first-order valence-corrected chi connectivity index (χ1v) is 7.71. The molecule has 19 heavy (non-hydrogen) atoms. The molecule has 0 bridgehead atoms. The Kier molecular flexibility index (Phi) is 3.94. The Morgan fingerprint density at radius 1 is 1.37 bits per heavy atom. The second-order valence-electron chi connectivity index (χ2n) is 5.14. The van der Waals surface area contributed by atoms with Gasteiger partial charge in [-0.3, -0.25) is 0 Å². The van der Waals surface area contributed by atoms with Crippen LogP contribution in [0.2, 0.25) is 0 Å². The summed E-state index contributed by atoms with van der Waals surface area (Å²) in [5.41, 5.74) is 0.833. The lowest BCUT2D eigenvalue weighted by Gasteiger charge is -2.15. The average molecular weight is 286 g/mol. The van der Waals surface area contributed by atoms with Gasteiger partial charge in [0.05, 0.1) is 4.90 Å². The van der Waals surface area contributed by atoms with Crippen LogP contribution in [0.15, 0.2) is 17.0 Å². The highest BCUT2D eigenvalue weighted by Gasteiger charge is 2.24. The van der Waals surface area contributed by atoms with Gasteiger partial charge in [0, 0.05) is 32.2 Å². The highest BCUT2D eigenvalue weighted by Crippen LogP contribution is 2.24. The van der Waals surface area contributed by atoms with E-state index < -0.39 is 15.8 Å². The first-order chi connectivity index (χ1) is 8.82. The number of halogens is 1. The van der Waals surface area contributed by atoms with Crippen LogP contribution in [0, 0.1) is 12.7 Å². The maximum Gasteiger partial charge on any atom is 0.242 e. The second kappa shape index (κ2) is 5.19. The molecule has 0 aromatic heterocycles. The molecule has 0 unspecified atom stereocenters. The lowest BCUT2D eigenvalue weighted by atomic mass is 10.1. The van der Waals surface area contributed by atoms with Crippen LogP contribution < -0.4 is 5.32 Å². The summed E-state index contributed by atoms with van der Waals surface area (Å²) in [5, 5.41) is 3.25. The summed E-state index contributed by atoms with van der Waals surface area (Å²) < 4.78 is 39.3. The van der Waals surface area contributed by atoms with Crippen molar-refractivity contribution < 1.29 is 12.8 Å². The summed E-state index contributed by atoms with van der Waals surface area (Å²) in [6, 6.07) is 3.46. The zero-order valence-electron chi connectivity index (χ0n) is 11.4. The Bertz CT molecular complexity index is 581. The van der Waals surface area contributed by atoms with Crippen LogP contribution in [0.5, 0.6) is 0 Å². The van der Waals surface area contributed by atoms with E-state index in [0.717, 1.165) is 17.1 Å². The zero-order valence-corrected chi connectivity index (χ0v) is 12.2. The third-order valence-corrected chi connectivity index (χ3v) is 5.23. The summed E-state index contributed by atoms with van der Waals surface area (Å²) in [6.07, 6.45) is 2.27. The van der Waals surface area contributed by atoms with Crippen LogP contribution in [-0.2, 0) is 16.6 Å². The van der Waals surface area contributed by atoms with Gasteiger partial charge >= 0.3 is 0 Å². The Morgan fingerprint density at radius 2 is 2.00 bits per heavy atom. The predicted octanol–water partition coefficient (Wildman–Crippen LogP) is 1.64. The summed E-state index contributed by atoms with van der Waals surface area (Å²) in [5.74, 6) is -0.476. The molecular formula is C13H19FN2O2S. The van der Waals surface area contributed by atoms with Crippen LogP contribution in [-0.4, -0.2) is 32.9 Å². The molecule has 0 saturated heterocycles. The molecule has 106 valence electrons. The van der Waals surface area contributed by atoms with Crippen LogP contribution >= 0.6 is 0 Å². The van der Waals surface area contributed by atoms with Crippen LogP contribution in [0.1, 0.15) is 24.0 Å². The van der Waals surface area contributed by atoms with Gasteiger partial charge in [0.2, 0.25) is 10.0 Å². The number of sulfonamides is 1. The van der Waals surface area contributed by atoms with Crippen molar-refractivity contribution >= 4 is 10.0 Å². The second-order valence-corrected chi connectivity index (χ2v) is 7.26. The molecule has 1 aliphatic carbocycles. The number of nitrogens with one attached hydrogen (secondary N) is 1. The van der Waals surface area contributed by atoms with E-state index in [0.29, 0.717) is 18.2 Å². The predicted molar refractivity (Wildman–Crippen MR) is 71.9 cm³/mol. The molecular weight excluding hydrogens is 267 g/mol. The summed E-state index contributed by atoms with van der Waals surface area (Å²) >= 11 is 0. The molecule has 1 aromatic rings. The number of hydrogen-bond acceptors (Lipinski definition) is 3. The summed E-state index contributed by atoms with van der Waals surface area (Å²) in [6.45, 7) is 1.99. The van der Waals surface area contributed by atoms with E-state index in [-0.39, 0.29) is 10.5 Å². The Balaban J connectivity index is 2.35. The molecule has 0 aliphatic heterocycles. The van der Waals surface area contributed by atoms with Gasteiger partial charge < -0.3 is 5.32 Å². The fourth-order valence-electron chi connectivity index (χ4n) is 1.82. The quantitative estimate of drug-likeness (QED) is 0.895. The SMILES string of the molecule is Cc1c(F)cc(CNC2CC2)cc1S(=O)(=O)N(C)C. The molecule has 0 radical (unpaired) electrons. The third kappa shape index (κ3) is 3.13. The van der Waals surface area contributed by atoms with Crippen molar-refractivity contribution in [1.82, 2.24) is 9.62 Å². The molecule has 0 amide bonds. The van der Waals surface area contributed by atoms with Crippen molar-refractivity contribution in [2.45, 2.75) is 37.2 Å². The van der Waals surface area contributed by atoms with E-state index in [9.17, 15) is 12.8 Å². The molecule has 1 saturated carbocycles. The Labute approximate surface area is 113 Å². The van der Waals surface area contributed by atoms with Gasteiger partial charge in [0.1, 0.15) is 5.82 Å². The minimum absolute atomic E-state index is 0.0464. The van der Waals surface area contributed by atoms with E-state index in [1.165, 1.54) is 27.1 Å². The smallest absolute Gasteiger partial charge is 0.242 e. The third-order valence-electron chi connectivity index (χ3n) is 3.29. The van der Waals surface area contributed by atoms with E-state index in [2.05, 4.69) is 5.32 Å². The summed E-state index contributed by atoms with van der Waals surface area (Å²) in [7, 11) is -0.717. The number of nitrogens with zero attached hydrogens (tertiary/aromatic N) is 1. The van der Waals surface area contributed by atoms with Gasteiger partial charge in [0.25, 0.3) is 0 Å². The molecule has 2 rings (SSSR count). The van der Waals surface area contributed by atoms with Crippen LogP contribution in [0.4, 0.5) is 4.39 Å². The van der Waals surface area contributed by atoms with Gasteiger partial charge in [-0.2, -0.15) is 0 Å². The molecule has 0 heterocycles. The number of hydrogen-bond donors (Lipinski definition) is 1. The van der Waals surface area contributed by atoms with E-state index in [4.69, 9.17) is 0 Å². The van der Waals surface area contributed by atoms with Gasteiger partial charge in [-0.25, -0.2) is 17.1 Å². The number of benzene rings is 1. The van der Waals surface area contributed by atoms with E-state index >= 15 is 0 Å². The molecule has 4 nitrogen and oxygen atoms in total. The zero-order chi connectivity index (χ0) is 14.2. The van der Waals surface area contributed by atoms with Crippen molar-refractivity contribution in [3.05, 3.63) is 29.1 Å². The maximum absolute atomic E-state index is 13.9. The first kappa shape index (κ1) is 14.4. The molecule has 6 heteroatoms. The average Bonchev–Trinajstić information content (AvgIpc) is 3.14. The molecule has 1 N–H and O–H groups in total. The monoisotopic (exact) mass is 286 g/mol. The minimum atomic E-state index is -3.61. The lowest BCUT2D eigenvalue weighted by molar-refractivity contribution is 0.517. The largest absolute Gasteiger partial charge is 0.310 e. The molecule has 0 spiro atoms. The fraction of sp³-hybridized carbons (Fsp3) is 0.538. The Hall–Kier alpha value is -0.980. The van der Waals surface area contributed by atoms with Gasteiger partial charge in [-0.05, 0) is 37.5 Å². The first-order valence-electron chi connectivity index (χ1n) is 6.27. The van der Waals surface area contributed by atoms with Crippen molar-refractivity contribution in [2.75, 3.05) is 14.1 Å². The Morgan fingerprint density at radius 3 is 2.53 bits per heavy atom. The van der Waals surface area contributed by atoms with Crippen LogP contribution in [0.3, 0.4) is 0 Å². The van der Waals surface area contributed by atoms with Gasteiger partial charge in [-0.1, -0.05) is 0 Å². The lowest BCUT2D eigenvalue weighted by Crippen LogP contribution is -2.24. The van der Waals surface area contributed by atoms with E-state index in [1.54, 1.807) is 6.07 Å².